The second kappa shape index (κ2) is 5.38. The van der Waals surface area contributed by atoms with Crippen molar-refractivity contribution < 1.29 is 9.90 Å². The van der Waals surface area contributed by atoms with Crippen LogP contribution in [0.4, 0.5) is 0 Å². The van der Waals surface area contributed by atoms with Gasteiger partial charge in [0.1, 0.15) is 0 Å². The van der Waals surface area contributed by atoms with Crippen LogP contribution in [0.1, 0.15) is 53.4 Å². The summed E-state index contributed by atoms with van der Waals surface area (Å²) in [4.78, 5) is 12.1. The highest BCUT2D eigenvalue weighted by Crippen LogP contribution is 2.42. The maximum atomic E-state index is 12.1. The summed E-state index contributed by atoms with van der Waals surface area (Å²) in [5.74, 6) is 0.353. The van der Waals surface area contributed by atoms with Crippen LogP contribution in [0, 0.1) is 16.7 Å². The third kappa shape index (κ3) is 3.98. The molecule has 0 bridgehead atoms. The van der Waals surface area contributed by atoms with E-state index in [0.29, 0.717) is 6.54 Å². The summed E-state index contributed by atoms with van der Waals surface area (Å²) in [6.45, 7) is 9.34. The third-order valence-electron chi connectivity index (χ3n) is 4.10. The van der Waals surface area contributed by atoms with Gasteiger partial charge >= 0.3 is 0 Å². The first kappa shape index (κ1) is 14.5. The topological polar surface area (TPSA) is 49.3 Å². The normalized spacial score (nSPS) is 23.7. The molecular weight excluding hydrogens is 214 g/mol. The van der Waals surface area contributed by atoms with Crippen molar-refractivity contribution in [1.82, 2.24) is 5.32 Å². The molecule has 17 heavy (non-hydrogen) atoms. The SMILES string of the molecule is CC(C)(CCO)CNC(=O)C1CCCC1(C)C. The average molecular weight is 241 g/mol. The zero-order valence-electron chi connectivity index (χ0n) is 11.7. The van der Waals surface area contributed by atoms with Crippen molar-refractivity contribution >= 4 is 5.91 Å². The van der Waals surface area contributed by atoms with Crippen LogP contribution in [-0.4, -0.2) is 24.2 Å². The zero-order valence-corrected chi connectivity index (χ0v) is 11.7. The summed E-state index contributed by atoms with van der Waals surface area (Å²) in [7, 11) is 0. The van der Waals surface area contributed by atoms with Crippen molar-refractivity contribution in [3.63, 3.8) is 0 Å². The van der Waals surface area contributed by atoms with Gasteiger partial charge in [-0.05, 0) is 30.1 Å². The predicted molar refractivity (Wildman–Crippen MR) is 69.6 cm³/mol. The van der Waals surface area contributed by atoms with E-state index in [1.54, 1.807) is 0 Å². The highest BCUT2D eigenvalue weighted by molar-refractivity contribution is 5.79. The number of hydrogen-bond acceptors (Lipinski definition) is 2. The largest absolute Gasteiger partial charge is 0.396 e. The lowest BCUT2D eigenvalue weighted by atomic mass is 9.81. The van der Waals surface area contributed by atoms with Crippen LogP contribution in [0.25, 0.3) is 0 Å². The van der Waals surface area contributed by atoms with Crippen molar-refractivity contribution in [1.29, 1.82) is 0 Å². The smallest absolute Gasteiger partial charge is 0.223 e. The van der Waals surface area contributed by atoms with Crippen LogP contribution in [0.5, 0.6) is 0 Å². The number of aliphatic hydroxyl groups excluding tert-OH is 1. The molecule has 0 aliphatic heterocycles. The summed E-state index contributed by atoms with van der Waals surface area (Å²) >= 11 is 0. The molecule has 1 rings (SSSR count). The Morgan fingerprint density at radius 3 is 2.59 bits per heavy atom. The van der Waals surface area contributed by atoms with Gasteiger partial charge in [-0.15, -0.1) is 0 Å². The van der Waals surface area contributed by atoms with E-state index in [2.05, 4.69) is 33.0 Å². The zero-order chi connectivity index (χ0) is 13.1. The lowest BCUT2D eigenvalue weighted by Gasteiger charge is -2.29. The molecular formula is C14H27NO2. The second-order valence-electron chi connectivity index (χ2n) is 6.79. The van der Waals surface area contributed by atoms with Crippen LogP contribution in [0.2, 0.25) is 0 Å². The standard InChI is InChI=1S/C14H27NO2/c1-13(2,8-9-16)10-15-12(17)11-6-5-7-14(11,3)4/h11,16H,5-10H2,1-4H3,(H,15,17). The molecule has 0 aromatic heterocycles. The number of carbonyl (C=O) groups is 1. The van der Waals surface area contributed by atoms with E-state index in [0.717, 1.165) is 25.7 Å². The Balaban J connectivity index is 2.45. The minimum atomic E-state index is -0.0207. The third-order valence-corrected chi connectivity index (χ3v) is 4.10. The lowest BCUT2D eigenvalue weighted by molar-refractivity contribution is -0.128. The van der Waals surface area contributed by atoms with Crippen molar-refractivity contribution in [2.45, 2.75) is 53.4 Å². The first-order valence-corrected chi connectivity index (χ1v) is 6.67. The molecule has 1 saturated carbocycles. The van der Waals surface area contributed by atoms with Gasteiger partial charge in [-0.25, -0.2) is 0 Å². The highest BCUT2D eigenvalue weighted by Gasteiger charge is 2.39. The summed E-state index contributed by atoms with van der Waals surface area (Å²) in [5, 5.41) is 12.0. The Labute approximate surface area is 105 Å². The van der Waals surface area contributed by atoms with E-state index in [9.17, 15) is 4.79 Å². The Morgan fingerprint density at radius 1 is 1.47 bits per heavy atom. The van der Waals surface area contributed by atoms with Crippen LogP contribution in [-0.2, 0) is 4.79 Å². The van der Waals surface area contributed by atoms with Crippen molar-refractivity contribution in [2.24, 2.45) is 16.7 Å². The molecule has 0 radical (unpaired) electrons. The molecule has 3 nitrogen and oxygen atoms in total. The fourth-order valence-corrected chi connectivity index (χ4v) is 2.65. The van der Waals surface area contributed by atoms with Gasteiger partial charge in [0.15, 0.2) is 0 Å². The Hall–Kier alpha value is -0.570. The second-order valence-corrected chi connectivity index (χ2v) is 6.79. The molecule has 1 atom stereocenters. The fraction of sp³-hybridized carbons (Fsp3) is 0.929. The number of aliphatic hydroxyl groups is 1. The van der Waals surface area contributed by atoms with Gasteiger partial charge in [-0.2, -0.15) is 0 Å². The van der Waals surface area contributed by atoms with Crippen LogP contribution < -0.4 is 5.32 Å². The van der Waals surface area contributed by atoms with Gasteiger partial charge in [-0.3, -0.25) is 4.79 Å². The van der Waals surface area contributed by atoms with Gasteiger partial charge < -0.3 is 10.4 Å². The molecule has 1 amide bonds. The first-order chi connectivity index (χ1) is 7.78. The molecule has 0 aromatic rings. The van der Waals surface area contributed by atoms with Crippen LogP contribution in [0.3, 0.4) is 0 Å². The molecule has 1 fully saturated rings. The highest BCUT2D eigenvalue weighted by atomic mass is 16.3. The summed E-state index contributed by atoms with van der Waals surface area (Å²) < 4.78 is 0. The Bertz CT molecular complexity index is 271. The van der Waals surface area contributed by atoms with Gasteiger partial charge in [-0.1, -0.05) is 34.1 Å². The van der Waals surface area contributed by atoms with E-state index in [1.807, 2.05) is 0 Å². The minimum Gasteiger partial charge on any atom is -0.396 e. The number of amides is 1. The van der Waals surface area contributed by atoms with E-state index in [4.69, 9.17) is 5.11 Å². The van der Waals surface area contributed by atoms with Gasteiger partial charge in [0.05, 0.1) is 0 Å². The molecule has 0 heterocycles. The maximum absolute atomic E-state index is 12.1. The molecule has 2 N–H and O–H groups in total. The van der Waals surface area contributed by atoms with Gasteiger partial charge in [0.25, 0.3) is 0 Å². The average Bonchev–Trinajstić information content (AvgIpc) is 2.55. The van der Waals surface area contributed by atoms with Crippen molar-refractivity contribution in [3.05, 3.63) is 0 Å². The predicted octanol–water partition coefficient (Wildman–Crippen LogP) is 2.34. The summed E-state index contributed by atoms with van der Waals surface area (Å²) in [6, 6.07) is 0. The number of rotatable bonds is 5. The van der Waals surface area contributed by atoms with E-state index < -0.39 is 0 Å². The molecule has 1 unspecified atom stereocenters. The van der Waals surface area contributed by atoms with Crippen LogP contribution in [0.15, 0.2) is 0 Å². The summed E-state index contributed by atoms with van der Waals surface area (Å²) in [5.41, 5.74) is 0.123. The Morgan fingerprint density at radius 2 is 2.12 bits per heavy atom. The summed E-state index contributed by atoms with van der Waals surface area (Å²) in [6.07, 6.45) is 4.04. The molecule has 1 aliphatic rings. The monoisotopic (exact) mass is 241 g/mol. The quantitative estimate of drug-likeness (QED) is 0.776. The number of hydrogen-bond donors (Lipinski definition) is 2. The Kier molecular flexibility index (Phi) is 4.59. The van der Waals surface area contributed by atoms with E-state index in [-0.39, 0.29) is 29.3 Å². The lowest BCUT2D eigenvalue weighted by Crippen LogP contribution is -2.41. The molecule has 0 spiro atoms. The minimum absolute atomic E-state index is 0.0207. The molecule has 0 saturated heterocycles. The molecule has 3 heteroatoms. The maximum Gasteiger partial charge on any atom is 0.223 e. The van der Waals surface area contributed by atoms with E-state index in [1.165, 1.54) is 0 Å². The van der Waals surface area contributed by atoms with Crippen molar-refractivity contribution in [2.75, 3.05) is 13.2 Å². The number of carbonyl (C=O) groups excluding carboxylic acids is 1. The van der Waals surface area contributed by atoms with Gasteiger partial charge in [0, 0.05) is 19.1 Å². The fourth-order valence-electron chi connectivity index (χ4n) is 2.65. The molecule has 1 aliphatic carbocycles. The van der Waals surface area contributed by atoms with Gasteiger partial charge in [0.2, 0.25) is 5.91 Å². The molecule has 100 valence electrons. The van der Waals surface area contributed by atoms with Crippen molar-refractivity contribution in [3.8, 4) is 0 Å². The number of nitrogens with one attached hydrogen (secondary N) is 1. The van der Waals surface area contributed by atoms with E-state index >= 15 is 0 Å². The van der Waals surface area contributed by atoms with Crippen LogP contribution >= 0.6 is 0 Å². The molecule has 0 aromatic carbocycles. The first-order valence-electron chi connectivity index (χ1n) is 6.67.